The molecule has 1 amide bonds. The molecule has 2 N–H and O–H groups in total. The zero-order valence-electron chi connectivity index (χ0n) is 16.9. The molecule has 2 heterocycles. The van der Waals surface area contributed by atoms with Crippen molar-refractivity contribution >= 4 is 50.0 Å². The molecule has 0 bridgehead atoms. The van der Waals surface area contributed by atoms with E-state index in [0.717, 1.165) is 5.56 Å². The van der Waals surface area contributed by atoms with Crippen molar-refractivity contribution < 1.29 is 17.7 Å². The van der Waals surface area contributed by atoms with Gasteiger partial charge < -0.3 is 14.4 Å². The van der Waals surface area contributed by atoms with Gasteiger partial charge >= 0.3 is 0 Å². The van der Waals surface area contributed by atoms with Crippen LogP contribution in [0.15, 0.2) is 57.9 Å². The van der Waals surface area contributed by atoms with Crippen LogP contribution in [0.3, 0.4) is 0 Å². The summed E-state index contributed by atoms with van der Waals surface area (Å²) in [4.78, 5) is 13.0. The van der Waals surface area contributed by atoms with Crippen molar-refractivity contribution in [1.29, 1.82) is 0 Å². The number of para-hydroxylation sites is 1. The number of anilines is 2. The highest BCUT2D eigenvalue weighted by atomic mass is 35.5. The number of nitrogens with one attached hydrogen (secondary N) is 2. The summed E-state index contributed by atoms with van der Waals surface area (Å²) in [5, 5.41) is 6.87. The number of fused-ring (bicyclic) bond motifs is 1. The van der Waals surface area contributed by atoms with E-state index < -0.39 is 15.9 Å². The number of sulfonamides is 1. The molecule has 0 atom stereocenters. The molecule has 160 valence electrons. The fraction of sp³-hybridized carbons (Fsp3) is 0.143. The van der Waals surface area contributed by atoms with Gasteiger partial charge in [-0.2, -0.15) is 0 Å². The van der Waals surface area contributed by atoms with E-state index in [0.29, 0.717) is 22.3 Å². The van der Waals surface area contributed by atoms with Crippen LogP contribution in [0, 0.1) is 13.8 Å². The highest BCUT2D eigenvalue weighted by molar-refractivity contribution is 7.93. The minimum atomic E-state index is -4.25. The molecule has 0 unspecified atom stereocenters. The molecule has 0 radical (unpaired) electrons. The van der Waals surface area contributed by atoms with Crippen LogP contribution in [-0.4, -0.2) is 24.0 Å². The lowest BCUT2D eigenvalue weighted by Gasteiger charge is -2.10. The first-order valence-corrected chi connectivity index (χ1v) is 11.1. The molecule has 0 saturated heterocycles. The number of halogens is 1. The predicted molar refractivity (Wildman–Crippen MR) is 119 cm³/mol. The second kappa shape index (κ2) is 7.75. The molecule has 31 heavy (non-hydrogen) atoms. The van der Waals surface area contributed by atoms with Crippen LogP contribution in [0.25, 0.3) is 10.9 Å². The second-order valence-corrected chi connectivity index (χ2v) is 9.09. The zero-order valence-corrected chi connectivity index (χ0v) is 18.5. The third-order valence-electron chi connectivity index (χ3n) is 4.87. The minimum Gasteiger partial charge on any atom is -0.338 e. The van der Waals surface area contributed by atoms with Gasteiger partial charge in [0.25, 0.3) is 21.8 Å². The van der Waals surface area contributed by atoms with E-state index in [1.807, 2.05) is 19.1 Å². The van der Waals surface area contributed by atoms with E-state index in [2.05, 4.69) is 15.2 Å². The van der Waals surface area contributed by atoms with Crippen LogP contribution in [0.5, 0.6) is 0 Å². The van der Waals surface area contributed by atoms with Gasteiger partial charge in [0.05, 0.1) is 0 Å². The number of aryl methyl sites for hydroxylation is 3. The fourth-order valence-corrected chi connectivity index (χ4v) is 4.91. The molecule has 0 spiro atoms. The molecular weight excluding hydrogens is 440 g/mol. The van der Waals surface area contributed by atoms with Gasteiger partial charge in [0.1, 0.15) is 21.3 Å². The number of benzene rings is 2. The number of hydrogen-bond acceptors (Lipinski definition) is 5. The lowest BCUT2D eigenvalue weighted by atomic mass is 10.2. The van der Waals surface area contributed by atoms with Crippen molar-refractivity contribution in [3.63, 3.8) is 0 Å². The van der Waals surface area contributed by atoms with Gasteiger partial charge in [0.2, 0.25) is 0 Å². The number of aromatic nitrogens is 2. The van der Waals surface area contributed by atoms with Gasteiger partial charge in [-0.1, -0.05) is 52.7 Å². The number of nitrogens with zero attached hydrogens (tertiary/aromatic N) is 2. The molecular formula is C21H19ClN4O4S. The Morgan fingerprint density at radius 2 is 1.77 bits per heavy atom. The summed E-state index contributed by atoms with van der Waals surface area (Å²) in [5.74, 6) is -0.778. The van der Waals surface area contributed by atoms with Gasteiger partial charge in [-0.05, 0) is 32.0 Å². The fourth-order valence-electron chi connectivity index (χ4n) is 3.31. The Morgan fingerprint density at radius 1 is 1.10 bits per heavy atom. The Kier molecular flexibility index (Phi) is 5.24. The first-order valence-electron chi connectivity index (χ1n) is 9.29. The SMILES string of the molecule is Cc1ccc(NC(=O)c2c(S(=O)(=O)Nc3onc(C)c3Cl)c3ccccc3n2C)cc1. The maximum Gasteiger partial charge on any atom is 0.273 e. The maximum absolute atomic E-state index is 13.4. The Morgan fingerprint density at radius 3 is 2.42 bits per heavy atom. The van der Waals surface area contributed by atoms with Crippen LogP contribution in [0.2, 0.25) is 5.02 Å². The van der Waals surface area contributed by atoms with E-state index in [1.54, 1.807) is 54.9 Å². The zero-order chi connectivity index (χ0) is 22.3. The number of carbonyl (C=O) groups is 1. The van der Waals surface area contributed by atoms with E-state index in [9.17, 15) is 13.2 Å². The van der Waals surface area contributed by atoms with Crippen molar-refractivity contribution in [2.24, 2.45) is 7.05 Å². The van der Waals surface area contributed by atoms with E-state index in [-0.39, 0.29) is 21.5 Å². The first-order chi connectivity index (χ1) is 14.7. The normalized spacial score (nSPS) is 11.6. The van der Waals surface area contributed by atoms with Crippen LogP contribution >= 0.6 is 11.6 Å². The Labute approximate surface area is 183 Å². The molecule has 0 saturated carbocycles. The summed E-state index contributed by atoms with van der Waals surface area (Å²) in [6.45, 7) is 3.52. The molecule has 0 aliphatic rings. The van der Waals surface area contributed by atoms with E-state index in [1.165, 1.54) is 0 Å². The average Bonchev–Trinajstić information content (AvgIpc) is 3.21. The standard InChI is InChI=1S/C21H19ClN4O4S/c1-12-8-10-14(11-9-12)23-20(27)18-19(15-6-4-5-7-16(15)26(18)3)31(28,29)25-21-17(22)13(2)24-30-21/h4-11,25H,1-3H3,(H,23,27). The van der Waals surface area contributed by atoms with Crippen molar-refractivity contribution in [1.82, 2.24) is 9.72 Å². The molecule has 2 aromatic heterocycles. The molecule has 0 aliphatic carbocycles. The Bertz CT molecular complexity index is 1410. The van der Waals surface area contributed by atoms with Gasteiger partial charge in [-0.15, -0.1) is 0 Å². The molecule has 8 nitrogen and oxygen atoms in total. The average molecular weight is 459 g/mol. The van der Waals surface area contributed by atoms with Crippen molar-refractivity contribution in [3.05, 3.63) is 70.5 Å². The second-order valence-electron chi connectivity index (χ2n) is 7.09. The number of rotatable bonds is 5. The summed E-state index contributed by atoms with van der Waals surface area (Å²) in [6.07, 6.45) is 0. The summed E-state index contributed by atoms with van der Waals surface area (Å²) >= 11 is 6.08. The van der Waals surface area contributed by atoms with Crippen molar-refractivity contribution in [3.8, 4) is 0 Å². The third kappa shape index (κ3) is 3.77. The predicted octanol–water partition coefficient (Wildman–Crippen LogP) is 4.49. The van der Waals surface area contributed by atoms with Crippen LogP contribution in [0.4, 0.5) is 11.6 Å². The topological polar surface area (TPSA) is 106 Å². The van der Waals surface area contributed by atoms with Gasteiger partial charge in [-0.25, -0.2) is 13.1 Å². The molecule has 0 aliphatic heterocycles. The van der Waals surface area contributed by atoms with Crippen LogP contribution in [0.1, 0.15) is 21.7 Å². The lowest BCUT2D eigenvalue weighted by molar-refractivity contribution is 0.101. The minimum absolute atomic E-state index is 0.0263. The van der Waals surface area contributed by atoms with Crippen LogP contribution in [-0.2, 0) is 17.1 Å². The molecule has 4 aromatic rings. The third-order valence-corrected chi connectivity index (χ3v) is 6.72. The lowest BCUT2D eigenvalue weighted by Crippen LogP contribution is -2.21. The van der Waals surface area contributed by atoms with Crippen molar-refractivity contribution in [2.45, 2.75) is 18.7 Å². The first kappa shape index (κ1) is 21.0. The summed E-state index contributed by atoms with van der Waals surface area (Å²) in [6, 6.07) is 14.1. The highest BCUT2D eigenvalue weighted by Gasteiger charge is 2.32. The Balaban J connectivity index is 1.85. The van der Waals surface area contributed by atoms with E-state index >= 15 is 0 Å². The monoisotopic (exact) mass is 458 g/mol. The molecule has 2 aromatic carbocycles. The summed E-state index contributed by atoms with van der Waals surface area (Å²) in [7, 11) is -2.62. The van der Waals surface area contributed by atoms with Gasteiger partial charge in [0, 0.05) is 23.6 Å². The van der Waals surface area contributed by atoms with Crippen LogP contribution < -0.4 is 10.0 Å². The number of carbonyl (C=O) groups excluding carboxylic acids is 1. The molecule has 10 heteroatoms. The summed E-state index contributed by atoms with van der Waals surface area (Å²) in [5.41, 5.74) is 2.48. The summed E-state index contributed by atoms with van der Waals surface area (Å²) < 4.78 is 35.6. The van der Waals surface area contributed by atoms with Gasteiger partial charge in [-0.3, -0.25) is 4.79 Å². The maximum atomic E-state index is 13.4. The Hall–Kier alpha value is -3.30. The van der Waals surface area contributed by atoms with Crippen molar-refractivity contribution in [2.75, 3.05) is 10.0 Å². The molecule has 0 fully saturated rings. The van der Waals surface area contributed by atoms with Gasteiger partial charge in [0.15, 0.2) is 0 Å². The largest absolute Gasteiger partial charge is 0.338 e. The quantitative estimate of drug-likeness (QED) is 0.458. The van der Waals surface area contributed by atoms with E-state index in [4.69, 9.17) is 16.1 Å². The highest BCUT2D eigenvalue weighted by Crippen LogP contribution is 2.33. The number of amides is 1. The number of hydrogen-bond donors (Lipinski definition) is 2. The molecule has 4 rings (SSSR count). The smallest absolute Gasteiger partial charge is 0.273 e.